The molecule has 24 heavy (non-hydrogen) atoms. The Hall–Kier alpha value is -2.09. The van der Waals surface area contributed by atoms with E-state index in [9.17, 15) is 13.6 Å². The molecular formula is C16H23F2N3O3. The number of primary amides is 1. The Morgan fingerprint density at radius 3 is 2.71 bits per heavy atom. The van der Waals surface area contributed by atoms with Gasteiger partial charge in [-0.3, -0.25) is 4.90 Å². The summed E-state index contributed by atoms with van der Waals surface area (Å²) < 4.78 is 34.7. The first-order valence-electron chi connectivity index (χ1n) is 7.97. The summed E-state index contributed by atoms with van der Waals surface area (Å²) in [6, 6.07) is 4.57. The van der Waals surface area contributed by atoms with Crippen LogP contribution in [-0.2, 0) is 6.54 Å². The summed E-state index contributed by atoms with van der Waals surface area (Å²) in [7, 11) is 0. The number of rotatable bonds is 6. The van der Waals surface area contributed by atoms with Crippen LogP contribution in [0.15, 0.2) is 18.2 Å². The van der Waals surface area contributed by atoms with Crippen LogP contribution in [0.2, 0.25) is 0 Å². The average Bonchev–Trinajstić information content (AvgIpc) is 2.75. The molecule has 2 amide bonds. The molecule has 0 bridgehead atoms. The number of benzene rings is 1. The summed E-state index contributed by atoms with van der Waals surface area (Å²) in [5.41, 5.74) is 6.26. The molecule has 0 spiro atoms. The van der Waals surface area contributed by atoms with E-state index < -0.39 is 12.6 Å². The second kappa shape index (κ2) is 8.68. The van der Waals surface area contributed by atoms with Gasteiger partial charge in [-0.05, 0) is 31.0 Å². The number of ether oxygens (including phenoxy) is 2. The minimum absolute atomic E-state index is 0.0337. The Balaban J connectivity index is 2.03. The molecule has 1 heterocycles. The Kier molecular flexibility index (Phi) is 6.60. The summed E-state index contributed by atoms with van der Waals surface area (Å²) >= 11 is 0. The van der Waals surface area contributed by atoms with E-state index in [0.717, 1.165) is 18.5 Å². The number of hydrogen-bond donors (Lipinski definition) is 1. The van der Waals surface area contributed by atoms with Gasteiger partial charge >= 0.3 is 12.6 Å². The average molecular weight is 343 g/mol. The highest BCUT2D eigenvalue weighted by atomic mass is 19.3. The summed E-state index contributed by atoms with van der Waals surface area (Å²) in [6.07, 6.45) is 0.841. The van der Waals surface area contributed by atoms with Crippen LogP contribution in [0.1, 0.15) is 18.9 Å². The molecule has 8 heteroatoms. The maximum absolute atomic E-state index is 12.4. The first-order valence-corrected chi connectivity index (χ1v) is 7.97. The van der Waals surface area contributed by atoms with Crippen molar-refractivity contribution in [2.45, 2.75) is 26.5 Å². The molecule has 2 rings (SSSR count). The minimum Gasteiger partial charge on any atom is -0.490 e. The number of halogens is 2. The summed E-state index contributed by atoms with van der Waals surface area (Å²) in [5, 5.41) is 0. The van der Waals surface area contributed by atoms with Gasteiger partial charge in [0.05, 0.1) is 6.61 Å². The number of alkyl halides is 2. The normalized spacial score (nSPS) is 16.1. The van der Waals surface area contributed by atoms with Crippen LogP contribution < -0.4 is 15.2 Å². The van der Waals surface area contributed by atoms with Gasteiger partial charge in [-0.25, -0.2) is 4.79 Å². The van der Waals surface area contributed by atoms with Crippen molar-refractivity contribution >= 4 is 6.03 Å². The zero-order valence-electron chi connectivity index (χ0n) is 13.7. The fourth-order valence-electron chi connectivity index (χ4n) is 2.72. The molecule has 1 fully saturated rings. The van der Waals surface area contributed by atoms with Crippen LogP contribution in [0.3, 0.4) is 0 Å². The number of carbonyl (C=O) groups is 1. The summed E-state index contributed by atoms with van der Waals surface area (Å²) in [6.45, 7) is 2.68. The van der Waals surface area contributed by atoms with E-state index in [2.05, 4.69) is 9.64 Å². The molecule has 134 valence electrons. The van der Waals surface area contributed by atoms with Crippen molar-refractivity contribution in [3.05, 3.63) is 23.8 Å². The molecule has 6 nitrogen and oxygen atoms in total. The van der Waals surface area contributed by atoms with E-state index in [-0.39, 0.29) is 5.75 Å². The molecule has 2 N–H and O–H groups in total. The van der Waals surface area contributed by atoms with Crippen molar-refractivity contribution in [1.82, 2.24) is 9.80 Å². The summed E-state index contributed by atoms with van der Waals surface area (Å²) in [5.74, 6) is 0.343. The molecular weight excluding hydrogens is 320 g/mol. The maximum Gasteiger partial charge on any atom is 0.387 e. The van der Waals surface area contributed by atoms with E-state index >= 15 is 0 Å². The van der Waals surface area contributed by atoms with Crippen molar-refractivity contribution in [2.75, 3.05) is 32.8 Å². The molecule has 0 saturated carbocycles. The maximum atomic E-state index is 12.4. The quantitative estimate of drug-likeness (QED) is 0.860. The number of amides is 2. The van der Waals surface area contributed by atoms with Gasteiger partial charge in [0.2, 0.25) is 0 Å². The Morgan fingerprint density at radius 1 is 1.25 bits per heavy atom. The van der Waals surface area contributed by atoms with Crippen LogP contribution in [0.5, 0.6) is 11.5 Å². The Labute approximate surface area is 140 Å². The van der Waals surface area contributed by atoms with Crippen molar-refractivity contribution in [1.29, 1.82) is 0 Å². The molecule has 0 aromatic heterocycles. The van der Waals surface area contributed by atoms with Crippen LogP contribution in [0, 0.1) is 0 Å². The number of urea groups is 1. The third kappa shape index (κ3) is 5.23. The van der Waals surface area contributed by atoms with Crippen molar-refractivity contribution in [3.8, 4) is 11.5 Å². The minimum atomic E-state index is -2.89. The van der Waals surface area contributed by atoms with Crippen LogP contribution in [-0.4, -0.2) is 55.2 Å². The van der Waals surface area contributed by atoms with Crippen LogP contribution in [0.4, 0.5) is 13.6 Å². The van der Waals surface area contributed by atoms with Crippen molar-refractivity contribution < 1.29 is 23.0 Å². The van der Waals surface area contributed by atoms with Gasteiger partial charge in [0.25, 0.3) is 0 Å². The smallest absolute Gasteiger partial charge is 0.387 e. The molecule has 0 radical (unpaired) electrons. The van der Waals surface area contributed by atoms with Gasteiger partial charge in [0.1, 0.15) is 0 Å². The van der Waals surface area contributed by atoms with E-state index in [1.54, 1.807) is 24.0 Å². The van der Waals surface area contributed by atoms with Gasteiger partial charge in [-0.1, -0.05) is 6.07 Å². The lowest BCUT2D eigenvalue weighted by molar-refractivity contribution is -0.0514. The molecule has 0 atom stereocenters. The third-order valence-electron chi connectivity index (χ3n) is 3.83. The van der Waals surface area contributed by atoms with Crippen LogP contribution >= 0.6 is 0 Å². The zero-order valence-corrected chi connectivity index (χ0v) is 13.7. The highest BCUT2D eigenvalue weighted by Gasteiger charge is 2.18. The highest BCUT2D eigenvalue weighted by molar-refractivity contribution is 5.71. The number of carbonyl (C=O) groups excluding carboxylic acids is 1. The lowest BCUT2D eigenvalue weighted by atomic mass is 10.2. The van der Waals surface area contributed by atoms with E-state index in [1.165, 1.54) is 6.07 Å². The molecule has 1 aromatic rings. The molecule has 1 saturated heterocycles. The standard InChI is InChI=1S/C16H23F2N3O3/c1-2-23-14-10-12(4-5-13(14)24-15(17)18)11-20-6-3-7-21(9-8-20)16(19)22/h4-5,10,15H,2-3,6-9,11H2,1H3,(H2,19,22). The second-order valence-corrected chi connectivity index (χ2v) is 5.55. The SMILES string of the molecule is CCOc1cc(CN2CCCN(C(N)=O)CC2)ccc1OC(F)F. The first-order chi connectivity index (χ1) is 11.5. The van der Waals surface area contributed by atoms with Crippen molar-refractivity contribution in [3.63, 3.8) is 0 Å². The number of hydrogen-bond acceptors (Lipinski definition) is 4. The van der Waals surface area contributed by atoms with Gasteiger partial charge in [0.15, 0.2) is 11.5 Å². The second-order valence-electron chi connectivity index (χ2n) is 5.55. The third-order valence-corrected chi connectivity index (χ3v) is 3.83. The largest absolute Gasteiger partial charge is 0.490 e. The number of nitrogens with two attached hydrogens (primary N) is 1. The van der Waals surface area contributed by atoms with Gasteiger partial charge in [-0.15, -0.1) is 0 Å². The van der Waals surface area contributed by atoms with Crippen LogP contribution in [0.25, 0.3) is 0 Å². The predicted molar refractivity (Wildman–Crippen MR) is 85.3 cm³/mol. The predicted octanol–water partition coefficient (Wildman–Crippen LogP) is 2.27. The lowest BCUT2D eigenvalue weighted by Crippen LogP contribution is -2.38. The summed E-state index contributed by atoms with van der Waals surface area (Å²) in [4.78, 5) is 15.1. The fraction of sp³-hybridized carbons (Fsp3) is 0.562. The highest BCUT2D eigenvalue weighted by Crippen LogP contribution is 2.30. The van der Waals surface area contributed by atoms with Gasteiger partial charge < -0.3 is 20.1 Å². The Bertz CT molecular complexity index is 557. The molecule has 0 unspecified atom stereocenters. The topological polar surface area (TPSA) is 68.0 Å². The van der Waals surface area contributed by atoms with E-state index in [1.807, 2.05) is 0 Å². The first kappa shape index (κ1) is 18.3. The molecule has 1 aromatic carbocycles. The van der Waals surface area contributed by atoms with Crippen molar-refractivity contribution in [2.24, 2.45) is 5.73 Å². The Morgan fingerprint density at radius 2 is 2.04 bits per heavy atom. The number of nitrogens with zero attached hydrogens (tertiary/aromatic N) is 2. The van der Waals surface area contributed by atoms with E-state index in [0.29, 0.717) is 38.5 Å². The monoisotopic (exact) mass is 343 g/mol. The zero-order chi connectivity index (χ0) is 17.5. The fourth-order valence-corrected chi connectivity index (χ4v) is 2.72. The van der Waals surface area contributed by atoms with Gasteiger partial charge in [0, 0.05) is 32.7 Å². The molecule has 1 aliphatic heterocycles. The van der Waals surface area contributed by atoms with Gasteiger partial charge in [-0.2, -0.15) is 8.78 Å². The van der Waals surface area contributed by atoms with E-state index in [4.69, 9.17) is 10.5 Å². The lowest BCUT2D eigenvalue weighted by Gasteiger charge is -2.21. The molecule has 0 aliphatic carbocycles. The molecule has 1 aliphatic rings.